The van der Waals surface area contributed by atoms with Crippen LogP contribution in [0.25, 0.3) is 0 Å². The summed E-state index contributed by atoms with van der Waals surface area (Å²) in [5, 5.41) is 0. The first-order chi connectivity index (χ1) is 13.0. The Morgan fingerprint density at radius 1 is 1.00 bits per heavy atom. The SMILES string of the molecule is Cc1cc(C)cc(C(=O)N2CC(CCC(=O)N3CCCC3)C3(CCC3)C2)c1. The maximum absolute atomic E-state index is 13.1. The summed E-state index contributed by atoms with van der Waals surface area (Å²) in [5.74, 6) is 0.968. The van der Waals surface area contributed by atoms with Gasteiger partial charge in [0.25, 0.3) is 5.91 Å². The highest BCUT2D eigenvalue weighted by Gasteiger charge is 2.51. The zero-order valence-electron chi connectivity index (χ0n) is 16.8. The predicted molar refractivity (Wildman–Crippen MR) is 107 cm³/mol. The molecule has 1 aliphatic carbocycles. The second-order valence-electron chi connectivity index (χ2n) is 9.10. The number of hydrogen-bond donors (Lipinski definition) is 0. The fraction of sp³-hybridized carbons (Fsp3) is 0.652. The maximum Gasteiger partial charge on any atom is 0.253 e. The Labute approximate surface area is 162 Å². The highest BCUT2D eigenvalue weighted by atomic mass is 16.2. The minimum atomic E-state index is 0.168. The van der Waals surface area contributed by atoms with Gasteiger partial charge in [0.05, 0.1) is 0 Å². The number of rotatable bonds is 4. The normalized spacial score (nSPS) is 23.7. The van der Waals surface area contributed by atoms with E-state index in [1.54, 1.807) is 0 Å². The summed E-state index contributed by atoms with van der Waals surface area (Å²) in [6, 6.07) is 6.13. The molecule has 4 heteroatoms. The van der Waals surface area contributed by atoms with Gasteiger partial charge in [-0.25, -0.2) is 0 Å². The van der Waals surface area contributed by atoms with Crippen molar-refractivity contribution in [3.63, 3.8) is 0 Å². The lowest BCUT2D eigenvalue weighted by Gasteiger charge is -2.43. The molecule has 2 aliphatic heterocycles. The van der Waals surface area contributed by atoms with Gasteiger partial charge in [-0.05, 0) is 69.4 Å². The van der Waals surface area contributed by atoms with Gasteiger partial charge in [-0.3, -0.25) is 9.59 Å². The Balaban J connectivity index is 1.42. The lowest BCUT2D eigenvalue weighted by atomic mass is 9.62. The molecule has 1 aromatic rings. The number of carbonyl (C=O) groups excluding carboxylic acids is 2. The number of likely N-dealkylation sites (tertiary alicyclic amines) is 2. The fourth-order valence-corrected chi connectivity index (χ4v) is 5.49. The Morgan fingerprint density at radius 3 is 2.26 bits per heavy atom. The number of amides is 2. The number of benzene rings is 1. The standard InChI is InChI=1S/C23H32N2O2/c1-17-12-18(2)14-19(13-17)22(27)25-15-20(23(16-25)8-5-9-23)6-7-21(26)24-10-3-4-11-24/h12-14,20H,3-11,15-16H2,1-2H3. The molecule has 1 saturated carbocycles. The van der Waals surface area contributed by atoms with Gasteiger partial charge in [0.15, 0.2) is 0 Å². The molecule has 1 unspecified atom stereocenters. The first-order valence-electron chi connectivity index (χ1n) is 10.6. The molecule has 0 radical (unpaired) electrons. The summed E-state index contributed by atoms with van der Waals surface area (Å²) in [7, 11) is 0. The number of nitrogens with zero attached hydrogens (tertiary/aromatic N) is 2. The van der Waals surface area contributed by atoms with Crippen LogP contribution in [0, 0.1) is 25.2 Å². The van der Waals surface area contributed by atoms with Crippen LogP contribution in [0.2, 0.25) is 0 Å². The van der Waals surface area contributed by atoms with Gasteiger partial charge in [-0.15, -0.1) is 0 Å². The van der Waals surface area contributed by atoms with Gasteiger partial charge in [0.2, 0.25) is 5.91 Å². The second kappa shape index (κ2) is 7.29. The second-order valence-corrected chi connectivity index (χ2v) is 9.10. The molecule has 27 heavy (non-hydrogen) atoms. The minimum absolute atomic E-state index is 0.168. The van der Waals surface area contributed by atoms with Crippen molar-refractivity contribution >= 4 is 11.8 Å². The molecule has 146 valence electrons. The summed E-state index contributed by atoms with van der Waals surface area (Å²) in [5.41, 5.74) is 3.38. The van der Waals surface area contributed by atoms with Crippen LogP contribution in [-0.4, -0.2) is 47.8 Å². The number of carbonyl (C=O) groups is 2. The molecular formula is C23H32N2O2. The monoisotopic (exact) mass is 368 g/mol. The number of hydrogen-bond acceptors (Lipinski definition) is 2. The Hall–Kier alpha value is -1.84. The van der Waals surface area contributed by atoms with E-state index in [9.17, 15) is 9.59 Å². The van der Waals surface area contributed by atoms with Gasteiger partial charge in [-0.1, -0.05) is 23.6 Å². The van der Waals surface area contributed by atoms with E-state index < -0.39 is 0 Å². The molecule has 2 saturated heterocycles. The quantitative estimate of drug-likeness (QED) is 0.807. The third-order valence-electron chi connectivity index (χ3n) is 7.08. The van der Waals surface area contributed by atoms with Gasteiger partial charge >= 0.3 is 0 Å². The molecule has 2 amide bonds. The van der Waals surface area contributed by atoms with Gasteiger partial charge < -0.3 is 9.80 Å². The minimum Gasteiger partial charge on any atom is -0.343 e. The van der Waals surface area contributed by atoms with E-state index in [2.05, 4.69) is 11.0 Å². The topological polar surface area (TPSA) is 40.6 Å². The summed E-state index contributed by atoms with van der Waals surface area (Å²) in [6.07, 6.45) is 7.58. The van der Waals surface area contributed by atoms with E-state index in [0.717, 1.165) is 62.1 Å². The summed E-state index contributed by atoms with van der Waals surface area (Å²) >= 11 is 0. The maximum atomic E-state index is 13.1. The molecule has 0 aromatic heterocycles. The third-order valence-corrected chi connectivity index (χ3v) is 7.08. The molecule has 4 rings (SSSR count). The Kier molecular flexibility index (Phi) is 5.00. The van der Waals surface area contributed by atoms with Gasteiger partial charge in [0.1, 0.15) is 0 Å². The smallest absolute Gasteiger partial charge is 0.253 e. The van der Waals surface area contributed by atoms with E-state index in [1.165, 1.54) is 19.3 Å². The van der Waals surface area contributed by atoms with E-state index in [1.807, 2.05) is 30.9 Å². The molecule has 1 atom stereocenters. The van der Waals surface area contributed by atoms with Crippen LogP contribution in [0.3, 0.4) is 0 Å². The average molecular weight is 369 g/mol. The predicted octanol–water partition coefficient (Wildman–Crippen LogP) is 3.95. The van der Waals surface area contributed by atoms with Crippen molar-refractivity contribution in [3.05, 3.63) is 34.9 Å². The largest absolute Gasteiger partial charge is 0.343 e. The molecule has 2 heterocycles. The highest BCUT2D eigenvalue weighted by Crippen LogP contribution is 2.53. The summed E-state index contributed by atoms with van der Waals surface area (Å²) < 4.78 is 0. The summed E-state index contributed by atoms with van der Waals surface area (Å²) in [4.78, 5) is 29.7. The van der Waals surface area contributed by atoms with Gasteiger partial charge in [-0.2, -0.15) is 0 Å². The Morgan fingerprint density at radius 2 is 1.67 bits per heavy atom. The molecular weight excluding hydrogens is 336 g/mol. The van der Waals surface area contributed by atoms with Crippen molar-refractivity contribution in [2.75, 3.05) is 26.2 Å². The van der Waals surface area contributed by atoms with E-state index >= 15 is 0 Å². The Bertz CT molecular complexity index is 712. The highest BCUT2D eigenvalue weighted by molar-refractivity contribution is 5.95. The van der Waals surface area contributed by atoms with E-state index in [0.29, 0.717) is 18.2 Å². The molecule has 1 spiro atoms. The molecule has 1 aromatic carbocycles. The zero-order valence-corrected chi connectivity index (χ0v) is 16.8. The van der Waals surface area contributed by atoms with Crippen LogP contribution < -0.4 is 0 Å². The average Bonchev–Trinajstić information content (AvgIpc) is 3.25. The van der Waals surface area contributed by atoms with Crippen LogP contribution in [-0.2, 0) is 4.79 Å². The molecule has 3 aliphatic rings. The molecule has 0 bridgehead atoms. The lowest BCUT2D eigenvalue weighted by molar-refractivity contribution is -0.130. The van der Waals surface area contributed by atoms with Crippen LogP contribution in [0.1, 0.15) is 66.4 Å². The van der Waals surface area contributed by atoms with Crippen LogP contribution >= 0.6 is 0 Å². The fourth-order valence-electron chi connectivity index (χ4n) is 5.49. The lowest BCUT2D eigenvalue weighted by Crippen LogP contribution is -2.39. The van der Waals surface area contributed by atoms with Crippen LogP contribution in [0.4, 0.5) is 0 Å². The van der Waals surface area contributed by atoms with Crippen LogP contribution in [0.5, 0.6) is 0 Å². The van der Waals surface area contributed by atoms with Crippen LogP contribution in [0.15, 0.2) is 18.2 Å². The first-order valence-corrected chi connectivity index (χ1v) is 10.6. The van der Waals surface area contributed by atoms with Crippen molar-refractivity contribution in [1.29, 1.82) is 0 Å². The van der Waals surface area contributed by atoms with E-state index in [-0.39, 0.29) is 11.3 Å². The van der Waals surface area contributed by atoms with Gasteiger partial charge in [0, 0.05) is 38.2 Å². The first kappa shape index (κ1) is 18.5. The molecule has 0 N–H and O–H groups in total. The van der Waals surface area contributed by atoms with Crippen molar-refractivity contribution in [2.45, 2.75) is 58.8 Å². The zero-order chi connectivity index (χ0) is 19.0. The van der Waals surface area contributed by atoms with Crippen molar-refractivity contribution in [1.82, 2.24) is 9.80 Å². The van der Waals surface area contributed by atoms with E-state index in [4.69, 9.17) is 0 Å². The number of aryl methyl sites for hydroxylation is 2. The summed E-state index contributed by atoms with van der Waals surface area (Å²) in [6.45, 7) is 7.67. The van der Waals surface area contributed by atoms with Crippen molar-refractivity contribution < 1.29 is 9.59 Å². The van der Waals surface area contributed by atoms with Crippen molar-refractivity contribution in [2.24, 2.45) is 11.3 Å². The molecule has 4 nitrogen and oxygen atoms in total. The third kappa shape index (κ3) is 3.63. The van der Waals surface area contributed by atoms with Crippen molar-refractivity contribution in [3.8, 4) is 0 Å². The molecule has 3 fully saturated rings.